The minimum absolute atomic E-state index is 0.305. The van der Waals surface area contributed by atoms with Gasteiger partial charge < -0.3 is 19.7 Å². The highest BCUT2D eigenvalue weighted by molar-refractivity contribution is 5.73. The third kappa shape index (κ3) is 6.05. The van der Waals surface area contributed by atoms with Crippen molar-refractivity contribution in [3.63, 3.8) is 0 Å². The van der Waals surface area contributed by atoms with Gasteiger partial charge in [0.05, 0.1) is 14.2 Å². The van der Waals surface area contributed by atoms with E-state index in [4.69, 9.17) is 19.4 Å². The quantitative estimate of drug-likeness (QED) is 0.647. The summed E-state index contributed by atoms with van der Waals surface area (Å²) < 4.78 is 42.5. The number of alkyl halides is 3. The molecule has 180 valence electrons. The van der Waals surface area contributed by atoms with Crippen molar-refractivity contribution in [3.8, 4) is 11.5 Å². The number of carboxylic acid groups (broad SMARTS) is 1. The van der Waals surface area contributed by atoms with E-state index in [1.165, 1.54) is 24.9 Å². The zero-order valence-corrected chi connectivity index (χ0v) is 18.4. The van der Waals surface area contributed by atoms with Crippen molar-refractivity contribution >= 4 is 5.97 Å². The maximum atomic E-state index is 10.6. The van der Waals surface area contributed by atoms with Crippen LogP contribution >= 0.6 is 0 Å². The third-order valence-electron chi connectivity index (χ3n) is 6.35. The Bertz CT molecular complexity index is 772. The normalized spacial score (nSPS) is 22.8. The number of carboxylic acids is 1. The van der Waals surface area contributed by atoms with Gasteiger partial charge in [0.2, 0.25) is 0 Å². The maximum Gasteiger partial charge on any atom is 0.490 e. The number of hydrogen-bond donors (Lipinski definition) is 2. The van der Waals surface area contributed by atoms with Gasteiger partial charge in [-0.3, -0.25) is 9.80 Å². The standard InChI is InChI=1S/C20H30N2O3.C2HF3O2/c1-24-18-5-16(6-19(7-18)25-2)9-21-13-20(14-21)8-17(12-23)11-22(20)10-15-3-4-15;3-2(4,5)1(6)7/h5-7,15,17,23H,3-4,8-14H2,1-2H3;(H,6,7). The molecule has 4 rings (SSSR count). The van der Waals surface area contributed by atoms with E-state index in [9.17, 15) is 18.3 Å². The van der Waals surface area contributed by atoms with E-state index >= 15 is 0 Å². The second-order valence-electron chi connectivity index (χ2n) is 8.99. The molecule has 3 fully saturated rings. The number of likely N-dealkylation sites (tertiary alicyclic amines) is 2. The summed E-state index contributed by atoms with van der Waals surface area (Å²) in [5.41, 5.74) is 1.54. The van der Waals surface area contributed by atoms with Gasteiger partial charge in [-0.15, -0.1) is 0 Å². The molecule has 2 saturated heterocycles. The summed E-state index contributed by atoms with van der Waals surface area (Å²) in [7, 11) is 3.39. The van der Waals surface area contributed by atoms with Crippen LogP contribution in [-0.2, 0) is 11.3 Å². The van der Waals surface area contributed by atoms with Crippen LogP contribution in [0.1, 0.15) is 24.8 Å². The number of rotatable bonds is 7. The monoisotopic (exact) mass is 460 g/mol. The highest BCUT2D eigenvalue weighted by Crippen LogP contribution is 2.43. The fourth-order valence-electron chi connectivity index (χ4n) is 4.68. The predicted molar refractivity (Wildman–Crippen MR) is 111 cm³/mol. The number of benzene rings is 1. The topological polar surface area (TPSA) is 82.5 Å². The first-order valence-electron chi connectivity index (χ1n) is 10.7. The van der Waals surface area contributed by atoms with Gasteiger partial charge in [-0.2, -0.15) is 13.2 Å². The van der Waals surface area contributed by atoms with E-state index in [2.05, 4.69) is 21.9 Å². The second-order valence-corrected chi connectivity index (χ2v) is 8.99. The van der Waals surface area contributed by atoms with Gasteiger partial charge in [-0.25, -0.2) is 4.79 Å². The Labute approximate surface area is 185 Å². The van der Waals surface area contributed by atoms with Crippen molar-refractivity contribution in [3.05, 3.63) is 23.8 Å². The van der Waals surface area contributed by atoms with Crippen molar-refractivity contribution in [2.24, 2.45) is 11.8 Å². The Morgan fingerprint density at radius 1 is 1.12 bits per heavy atom. The molecular weight excluding hydrogens is 429 g/mol. The molecule has 1 spiro atoms. The van der Waals surface area contributed by atoms with Gasteiger partial charge in [-0.05, 0) is 48.8 Å². The van der Waals surface area contributed by atoms with E-state index < -0.39 is 12.1 Å². The lowest BCUT2D eigenvalue weighted by Crippen LogP contribution is -2.67. The summed E-state index contributed by atoms with van der Waals surface area (Å²) in [5, 5.41) is 16.8. The van der Waals surface area contributed by atoms with Crippen molar-refractivity contribution in [2.45, 2.75) is 37.5 Å². The molecule has 2 heterocycles. The lowest BCUT2D eigenvalue weighted by molar-refractivity contribution is -0.192. The number of methoxy groups -OCH3 is 2. The van der Waals surface area contributed by atoms with Crippen LogP contribution in [-0.4, -0.2) is 84.7 Å². The Hall–Kier alpha value is -2.04. The summed E-state index contributed by atoms with van der Waals surface area (Å²) >= 11 is 0. The number of hydrogen-bond acceptors (Lipinski definition) is 6. The van der Waals surface area contributed by atoms with Gasteiger partial charge in [0.15, 0.2) is 0 Å². The molecule has 0 aromatic heterocycles. The van der Waals surface area contributed by atoms with Crippen molar-refractivity contribution in [1.82, 2.24) is 9.80 Å². The number of carbonyl (C=O) groups is 1. The maximum absolute atomic E-state index is 10.6. The zero-order chi connectivity index (χ0) is 23.5. The van der Waals surface area contributed by atoms with Gasteiger partial charge in [0.1, 0.15) is 11.5 Å². The molecule has 3 aliphatic rings. The zero-order valence-electron chi connectivity index (χ0n) is 18.4. The molecule has 1 aromatic carbocycles. The molecule has 7 nitrogen and oxygen atoms in total. The number of ether oxygens (including phenoxy) is 2. The molecule has 1 unspecified atom stereocenters. The van der Waals surface area contributed by atoms with Crippen LogP contribution in [0.25, 0.3) is 0 Å². The highest BCUT2D eigenvalue weighted by Gasteiger charge is 2.53. The lowest BCUT2D eigenvalue weighted by atomic mass is 9.84. The number of nitrogens with zero attached hydrogens (tertiary/aromatic N) is 2. The van der Waals surface area contributed by atoms with E-state index in [-0.39, 0.29) is 0 Å². The minimum Gasteiger partial charge on any atom is -0.497 e. The first kappa shape index (κ1) is 24.6. The molecule has 32 heavy (non-hydrogen) atoms. The largest absolute Gasteiger partial charge is 0.497 e. The Kier molecular flexibility index (Phi) is 7.57. The van der Waals surface area contributed by atoms with E-state index in [1.54, 1.807) is 14.2 Å². The third-order valence-corrected chi connectivity index (χ3v) is 6.35. The van der Waals surface area contributed by atoms with Gasteiger partial charge in [0, 0.05) is 50.9 Å². The molecule has 0 amide bonds. The van der Waals surface area contributed by atoms with Crippen LogP contribution in [0.2, 0.25) is 0 Å². The Morgan fingerprint density at radius 3 is 2.12 bits per heavy atom. The molecule has 1 saturated carbocycles. The predicted octanol–water partition coefficient (Wildman–Crippen LogP) is 2.62. The lowest BCUT2D eigenvalue weighted by Gasteiger charge is -2.53. The number of halogens is 3. The van der Waals surface area contributed by atoms with Crippen LogP contribution in [0.3, 0.4) is 0 Å². The summed E-state index contributed by atoms with van der Waals surface area (Å²) in [6.45, 7) is 5.78. The molecule has 1 aliphatic carbocycles. The Morgan fingerprint density at radius 2 is 1.69 bits per heavy atom. The van der Waals surface area contributed by atoms with Crippen LogP contribution in [0.4, 0.5) is 13.2 Å². The number of aliphatic hydroxyl groups is 1. The summed E-state index contributed by atoms with van der Waals surface area (Å²) in [4.78, 5) is 14.1. The molecular formula is C22H31F3N2O5. The Balaban J connectivity index is 0.000000360. The van der Waals surface area contributed by atoms with Gasteiger partial charge in [-0.1, -0.05) is 0 Å². The smallest absolute Gasteiger partial charge is 0.490 e. The molecule has 2 N–H and O–H groups in total. The van der Waals surface area contributed by atoms with Crippen LogP contribution in [0, 0.1) is 11.8 Å². The molecule has 1 atom stereocenters. The molecule has 2 aliphatic heterocycles. The molecule has 0 bridgehead atoms. The van der Waals surface area contributed by atoms with E-state index in [0.29, 0.717) is 18.1 Å². The average Bonchev–Trinajstić information content (AvgIpc) is 3.46. The fraction of sp³-hybridized carbons (Fsp3) is 0.682. The fourth-order valence-corrected chi connectivity index (χ4v) is 4.68. The molecule has 10 heteroatoms. The summed E-state index contributed by atoms with van der Waals surface area (Å²) in [5.74, 6) is 0.304. The summed E-state index contributed by atoms with van der Waals surface area (Å²) in [6.07, 6.45) is -1.15. The van der Waals surface area contributed by atoms with Gasteiger partial charge in [0.25, 0.3) is 0 Å². The minimum atomic E-state index is -5.08. The summed E-state index contributed by atoms with van der Waals surface area (Å²) in [6, 6.07) is 6.11. The van der Waals surface area contributed by atoms with Crippen LogP contribution in [0.15, 0.2) is 18.2 Å². The van der Waals surface area contributed by atoms with Crippen molar-refractivity contribution in [2.75, 3.05) is 47.0 Å². The van der Waals surface area contributed by atoms with Gasteiger partial charge >= 0.3 is 12.1 Å². The van der Waals surface area contributed by atoms with Crippen molar-refractivity contribution < 1.29 is 37.7 Å². The SMILES string of the molecule is COc1cc(CN2CC3(CC(CO)CN3CC3CC3)C2)cc(OC)c1.O=C(O)C(F)(F)F. The van der Waals surface area contributed by atoms with Crippen LogP contribution < -0.4 is 9.47 Å². The van der Waals surface area contributed by atoms with E-state index in [1.807, 2.05) is 6.07 Å². The highest BCUT2D eigenvalue weighted by atomic mass is 19.4. The molecule has 0 radical (unpaired) electrons. The van der Waals surface area contributed by atoms with Crippen molar-refractivity contribution in [1.29, 1.82) is 0 Å². The first-order valence-corrected chi connectivity index (χ1v) is 10.7. The molecule has 1 aromatic rings. The van der Waals surface area contributed by atoms with Crippen LogP contribution in [0.5, 0.6) is 11.5 Å². The number of aliphatic carboxylic acids is 1. The number of aliphatic hydroxyl groups excluding tert-OH is 1. The average molecular weight is 460 g/mol. The second kappa shape index (κ2) is 9.84. The van der Waals surface area contributed by atoms with E-state index in [0.717, 1.165) is 50.0 Å². The first-order chi connectivity index (χ1) is 15.1.